The summed E-state index contributed by atoms with van der Waals surface area (Å²) in [5, 5.41) is 12.0. The average Bonchev–Trinajstić information content (AvgIpc) is 2.30. The van der Waals surface area contributed by atoms with Crippen LogP contribution in [0, 0.1) is 6.92 Å². The molecule has 0 aliphatic heterocycles. The Morgan fingerprint density at radius 3 is 2.59 bits per heavy atom. The van der Waals surface area contributed by atoms with Gasteiger partial charge in [0.2, 0.25) is 0 Å². The van der Waals surface area contributed by atoms with E-state index in [0.29, 0.717) is 11.3 Å². The Kier molecular flexibility index (Phi) is 3.05. The van der Waals surface area contributed by atoms with Crippen LogP contribution in [0.4, 0.5) is 5.69 Å². The SMILES string of the molecule is Cc1cc(O)ccc1C(=O)Nc1ccncc1. The number of nitrogens with zero attached hydrogens (tertiary/aromatic N) is 1. The molecule has 2 N–H and O–H groups in total. The van der Waals surface area contributed by atoms with E-state index >= 15 is 0 Å². The molecule has 4 heteroatoms. The Morgan fingerprint density at radius 2 is 1.94 bits per heavy atom. The van der Waals surface area contributed by atoms with E-state index in [2.05, 4.69) is 10.3 Å². The van der Waals surface area contributed by atoms with Gasteiger partial charge >= 0.3 is 0 Å². The highest BCUT2D eigenvalue weighted by molar-refractivity contribution is 6.05. The maximum absolute atomic E-state index is 11.9. The van der Waals surface area contributed by atoms with Gasteiger partial charge in [-0.15, -0.1) is 0 Å². The monoisotopic (exact) mass is 228 g/mol. The summed E-state index contributed by atoms with van der Waals surface area (Å²) in [6, 6.07) is 8.08. The molecule has 0 aliphatic rings. The van der Waals surface area contributed by atoms with Crippen molar-refractivity contribution in [3.63, 3.8) is 0 Å². The fraction of sp³-hybridized carbons (Fsp3) is 0.0769. The van der Waals surface area contributed by atoms with Gasteiger partial charge in [-0.05, 0) is 42.8 Å². The number of phenols is 1. The van der Waals surface area contributed by atoms with Crippen LogP contribution in [-0.2, 0) is 0 Å². The molecule has 1 heterocycles. The number of anilines is 1. The topological polar surface area (TPSA) is 62.2 Å². The summed E-state index contributed by atoms with van der Waals surface area (Å²) in [6.07, 6.45) is 3.22. The lowest BCUT2D eigenvalue weighted by molar-refractivity contribution is 0.102. The number of carbonyl (C=O) groups is 1. The second-order valence-electron chi connectivity index (χ2n) is 3.69. The number of phenolic OH excluding ortho intramolecular Hbond substituents is 1. The third-order valence-electron chi connectivity index (χ3n) is 2.39. The number of amides is 1. The minimum atomic E-state index is -0.200. The van der Waals surface area contributed by atoms with Crippen molar-refractivity contribution in [1.82, 2.24) is 4.98 Å². The van der Waals surface area contributed by atoms with Gasteiger partial charge in [-0.1, -0.05) is 0 Å². The van der Waals surface area contributed by atoms with Gasteiger partial charge in [0.1, 0.15) is 5.75 Å². The highest BCUT2D eigenvalue weighted by Crippen LogP contribution is 2.17. The minimum Gasteiger partial charge on any atom is -0.508 e. The maximum atomic E-state index is 11.9. The normalized spacial score (nSPS) is 9.94. The number of aromatic nitrogens is 1. The lowest BCUT2D eigenvalue weighted by Gasteiger charge is -2.07. The van der Waals surface area contributed by atoms with Gasteiger partial charge in [0, 0.05) is 23.6 Å². The molecule has 0 saturated carbocycles. The number of hydrogen-bond acceptors (Lipinski definition) is 3. The quantitative estimate of drug-likeness (QED) is 0.829. The van der Waals surface area contributed by atoms with E-state index < -0.39 is 0 Å². The molecular weight excluding hydrogens is 216 g/mol. The van der Waals surface area contributed by atoms with E-state index in [1.807, 2.05) is 0 Å². The van der Waals surface area contributed by atoms with Crippen LogP contribution >= 0.6 is 0 Å². The van der Waals surface area contributed by atoms with Gasteiger partial charge in [-0.3, -0.25) is 9.78 Å². The lowest BCUT2D eigenvalue weighted by Crippen LogP contribution is -2.13. The molecule has 0 atom stereocenters. The second-order valence-corrected chi connectivity index (χ2v) is 3.69. The Balaban J connectivity index is 2.21. The number of nitrogens with one attached hydrogen (secondary N) is 1. The first-order valence-electron chi connectivity index (χ1n) is 5.18. The van der Waals surface area contributed by atoms with Crippen molar-refractivity contribution in [2.75, 3.05) is 5.32 Å². The first kappa shape index (κ1) is 11.1. The Bertz CT molecular complexity index is 538. The number of benzene rings is 1. The van der Waals surface area contributed by atoms with Gasteiger partial charge in [0.15, 0.2) is 0 Å². The van der Waals surface area contributed by atoms with Crippen LogP contribution in [0.5, 0.6) is 5.75 Å². The van der Waals surface area contributed by atoms with Gasteiger partial charge in [-0.2, -0.15) is 0 Å². The van der Waals surface area contributed by atoms with Crippen molar-refractivity contribution in [3.05, 3.63) is 53.9 Å². The van der Waals surface area contributed by atoms with Gasteiger partial charge in [0.25, 0.3) is 5.91 Å². The van der Waals surface area contributed by atoms with Crippen LogP contribution in [0.1, 0.15) is 15.9 Å². The molecule has 1 amide bonds. The van der Waals surface area contributed by atoms with E-state index in [9.17, 15) is 9.90 Å². The largest absolute Gasteiger partial charge is 0.508 e. The molecule has 0 bridgehead atoms. The maximum Gasteiger partial charge on any atom is 0.255 e. The van der Waals surface area contributed by atoms with Crippen molar-refractivity contribution in [2.24, 2.45) is 0 Å². The van der Waals surface area contributed by atoms with E-state index in [-0.39, 0.29) is 11.7 Å². The summed E-state index contributed by atoms with van der Waals surface area (Å²) < 4.78 is 0. The van der Waals surface area contributed by atoms with Crippen LogP contribution in [-0.4, -0.2) is 16.0 Å². The van der Waals surface area contributed by atoms with E-state index in [0.717, 1.165) is 5.56 Å². The minimum absolute atomic E-state index is 0.156. The highest BCUT2D eigenvalue weighted by atomic mass is 16.3. The van der Waals surface area contributed by atoms with E-state index in [4.69, 9.17) is 0 Å². The predicted octanol–water partition coefficient (Wildman–Crippen LogP) is 2.35. The van der Waals surface area contributed by atoms with Crippen LogP contribution in [0.25, 0.3) is 0 Å². The standard InChI is InChI=1S/C13H12N2O2/c1-9-8-11(16)2-3-12(9)13(17)15-10-4-6-14-7-5-10/h2-8,16H,1H3,(H,14,15,17). The highest BCUT2D eigenvalue weighted by Gasteiger charge is 2.09. The molecule has 0 saturated heterocycles. The summed E-state index contributed by atoms with van der Waals surface area (Å²) in [5.74, 6) is -0.0448. The number of rotatable bonds is 2. The van der Waals surface area contributed by atoms with Crippen LogP contribution in [0.15, 0.2) is 42.7 Å². The molecule has 2 rings (SSSR count). The first-order chi connectivity index (χ1) is 8.16. The van der Waals surface area contributed by atoms with Gasteiger partial charge in [0.05, 0.1) is 0 Å². The van der Waals surface area contributed by atoms with Crippen molar-refractivity contribution in [3.8, 4) is 5.75 Å². The number of aryl methyl sites for hydroxylation is 1. The smallest absolute Gasteiger partial charge is 0.255 e. The molecule has 0 unspecified atom stereocenters. The molecule has 2 aromatic rings. The summed E-state index contributed by atoms with van der Waals surface area (Å²) in [7, 11) is 0. The molecule has 1 aromatic carbocycles. The Hall–Kier alpha value is -2.36. The number of carbonyl (C=O) groups excluding carboxylic acids is 1. The zero-order valence-corrected chi connectivity index (χ0v) is 9.34. The number of aromatic hydroxyl groups is 1. The number of pyridine rings is 1. The van der Waals surface area contributed by atoms with Crippen molar-refractivity contribution >= 4 is 11.6 Å². The number of hydrogen-bond donors (Lipinski definition) is 2. The molecule has 0 fully saturated rings. The zero-order valence-electron chi connectivity index (χ0n) is 9.34. The van der Waals surface area contributed by atoms with Crippen molar-refractivity contribution < 1.29 is 9.90 Å². The van der Waals surface area contributed by atoms with Gasteiger partial charge < -0.3 is 10.4 Å². The zero-order chi connectivity index (χ0) is 12.3. The predicted molar refractivity (Wildman–Crippen MR) is 65.0 cm³/mol. The Morgan fingerprint density at radius 1 is 1.24 bits per heavy atom. The lowest BCUT2D eigenvalue weighted by atomic mass is 10.1. The first-order valence-corrected chi connectivity index (χ1v) is 5.18. The Labute approximate surface area is 98.9 Å². The third kappa shape index (κ3) is 2.60. The summed E-state index contributed by atoms with van der Waals surface area (Å²) in [4.78, 5) is 15.8. The fourth-order valence-corrected chi connectivity index (χ4v) is 1.54. The van der Waals surface area contributed by atoms with Crippen LogP contribution in [0.3, 0.4) is 0 Å². The fourth-order valence-electron chi connectivity index (χ4n) is 1.54. The van der Waals surface area contributed by atoms with E-state index in [1.54, 1.807) is 43.6 Å². The average molecular weight is 228 g/mol. The molecule has 1 aromatic heterocycles. The van der Waals surface area contributed by atoms with Crippen LogP contribution < -0.4 is 5.32 Å². The van der Waals surface area contributed by atoms with Crippen molar-refractivity contribution in [2.45, 2.75) is 6.92 Å². The molecule has 0 spiro atoms. The molecule has 0 radical (unpaired) electrons. The molecule has 86 valence electrons. The molecule has 17 heavy (non-hydrogen) atoms. The summed E-state index contributed by atoms with van der Waals surface area (Å²) in [5.41, 5.74) is 1.97. The molecular formula is C13H12N2O2. The summed E-state index contributed by atoms with van der Waals surface area (Å²) >= 11 is 0. The summed E-state index contributed by atoms with van der Waals surface area (Å²) in [6.45, 7) is 1.78. The van der Waals surface area contributed by atoms with Crippen LogP contribution in [0.2, 0.25) is 0 Å². The molecule has 4 nitrogen and oxygen atoms in total. The third-order valence-corrected chi connectivity index (χ3v) is 2.39. The second kappa shape index (κ2) is 4.65. The van der Waals surface area contributed by atoms with Gasteiger partial charge in [-0.25, -0.2) is 0 Å². The van der Waals surface area contributed by atoms with Crippen molar-refractivity contribution in [1.29, 1.82) is 0 Å². The molecule has 0 aliphatic carbocycles. The van der Waals surface area contributed by atoms with E-state index in [1.165, 1.54) is 6.07 Å².